The zero-order chi connectivity index (χ0) is 37.9. The van der Waals surface area contributed by atoms with Crippen LogP contribution in [0.3, 0.4) is 0 Å². The van der Waals surface area contributed by atoms with E-state index in [1.807, 2.05) is 49.9 Å². The molecule has 14 nitrogen and oxygen atoms in total. The zero-order valence-corrected chi connectivity index (χ0v) is 31.1. The van der Waals surface area contributed by atoms with Crippen LogP contribution in [0.1, 0.15) is 77.1 Å². The van der Waals surface area contributed by atoms with Gasteiger partial charge in [0.1, 0.15) is 23.7 Å². The number of aromatic amines is 2. The summed E-state index contributed by atoms with van der Waals surface area (Å²) in [5.74, 6) is 1.11. The third-order valence-electron chi connectivity index (χ3n) is 10.1. The normalized spacial score (nSPS) is 18.4. The van der Waals surface area contributed by atoms with E-state index < -0.39 is 29.7 Å². The van der Waals surface area contributed by atoms with Gasteiger partial charge in [-0.05, 0) is 60.3 Å². The molecular weight excluding hydrogens is 676 g/mol. The molecule has 4 amide bonds. The van der Waals surface area contributed by atoms with Gasteiger partial charge in [-0.3, -0.25) is 9.59 Å². The van der Waals surface area contributed by atoms with Gasteiger partial charge in [-0.1, -0.05) is 69.3 Å². The highest BCUT2D eigenvalue weighted by atomic mass is 16.5. The molecule has 0 bridgehead atoms. The quantitative estimate of drug-likeness (QED) is 0.163. The molecule has 0 unspecified atom stereocenters. The van der Waals surface area contributed by atoms with Crippen molar-refractivity contribution in [3.05, 3.63) is 72.6 Å². The zero-order valence-electron chi connectivity index (χ0n) is 31.1. The summed E-state index contributed by atoms with van der Waals surface area (Å²) in [5.41, 5.74) is 5.25. The topological polar surface area (TPSA) is 175 Å². The van der Waals surface area contributed by atoms with Crippen molar-refractivity contribution < 1.29 is 28.7 Å². The summed E-state index contributed by atoms with van der Waals surface area (Å²) >= 11 is 0. The molecule has 2 aromatic carbocycles. The van der Waals surface area contributed by atoms with Crippen LogP contribution in [0.2, 0.25) is 0 Å². The number of H-pyrrole nitrogens is 2. The SMILES string of the molecule is COC(=O)N[C@@H](C)C(=O)N1CCC[C@H]1c1ncc(-c2ccc(-c3ccc(-c4cnc([C@@H]5CCCN5C(=O)[C@@H](NC(=O)OC)C(C)(C)C)[nH]4)cc3)cc2)[nH]1. The average molecular weight is 725 g/mol. The number of rotatable bonds is 9. The predicted octanol–water partition coefficient (Wildman–Crippen LogP) is 5.98. The van der Waals surface area contributed by atoms with Crippen LogP contribution in [0.5, 0.6) is 0 Å². The third-order valence-corrected chi connectivity index (χ3v) is 10.1. The third kappa shape index (κ3) is 8.06. The van der Waals surface area contributed by atoms with Gasteiger partial charge in [0.25, 0.3) is 0 Å². The van der Waals surface area contributed by atoms with Crippen LogP contribution in [0.15, 0.2) is 60.9 Å². The molecule has 4 atom stereocenters. The second-order valence-corrected chi connectivity index (χ2v) is 14.7. The van der Waals surface area contributed by atoms with Crippen LogP contribution in [0.25, 0.3) is 33.6 Å². The maximum absolute atomic E-state index is 13.7. The molecule has 2 fully saturated rings. The van der Waals surface area contributed by atoms with Crippen molar-refractivity contribution in [2.75, 3.05) is 27.3 Å². The molecule has 4 N–H and O–H groups in total. The Balaban J connectivity index is 1.10. The number of alkyl carbamates (subject to hydrolysis) is 2. The molecule has 2 aliphatic rings. The lowest BCUT2D eigenvalue weighted by Gasteiger charge is -2.35. The van der Waals surface area contributed by atoms with Crippen molar-refractivity contribution in [3.63, 3.8) is 0 Å². The molecule has 2 aliphatic heterocycles. The first-order valence-electron chi connectivity index (χ1n) is 18.0. The summed E-state index contributed by atoms with van der Waals surface area (Å²) in [6, 6.07) is 14.6. The first-order valence-corrected chi connectivity index (χ1v) is 18.0. The molecule has 4 heterocycles. The van der Waals surface area contributed by atoms with Crippen LogP contribution in [-0.2, 0) is 19.1 Å². The molecule has 280 valence electrons. The number of ether oxygens (including phenoxy) is 2. The van der Waals surface area contributed by atoms with Gasteiger partial charge in [0.2, 0.25) is 11.8 Å². The van der Waals surface area contributed by atoms with Gasteiger partial charge in [-0.2, -0.15) is 0 Å². The Hall–Kier alpha value is -5.66. The van der Waals surface area contributed by atoms with Gasteiger partial charge < -0.3 is 39.9 Å². The number of hydrogen-bond donors (Lipinski definition) is 4. The highest BCUT2D eigenvalue weighted by molar-refractivity contribution is 5.87. The number of hydrogen-bond acceptors (Lipinski definition) is 8. The lowest BCUT2D eigenvalue weighted by atomic mass is 9.85. The minimum Gasteiger partial charge on any atom is -0.453 e. The first kappa shape index (κ1) is 37.1. The number of imidazole rings is 2. The highest BCUT2D eigenvalue weighted by Crippen LogP contribution is 2.35. The predicted molar refractivity (Wildman–Crippen MR) is 198 cm³/mol. The van der Waals surface area contributed by atoms with E-state index in [4.69, 9.17) is 4.74 Å². The van der Waals surface area contributed by atoms with E-state index in [0.717, 1.165) is 71.0 Å². The van der Waals surface area contributed by atoms with Crippen LogP contribution in [0.4, 0.5) is 9.59 Å². The van der Waals surface area contributed by atoms with Crippen molar-refractivity contribution in [2.45, 2.75) is 77.5 Å². The molecular formula is C39H48N8O6. The van der Waals surface area contributed by atoms with Crippen LogP contribution >= 0.6 is 0 Å². The number of methoxy groups -OCH3 is 2. The molecule has 14 heteroatoms. The molecule has 53 heavy (non-hydrogen) atoms. The van der Waals surface area contributed by atoms with Gasteiger partial charge in [-0.15, -0.1) is 0 Å². The second-order valence-electron chi connectivity index (χ2n) is 14.7. The maximum Gasteiger partial charge on any atom is 0.407 e. The smallest absolute Gasteiger partial charge is 0.407 e. The number of carbonyl (C=O) groups excluding carboxylic acids is 4. The van der Waals surface area contributed by atoms with Gasteiger partial charge in [-0.25, -0.2) is 19.6 Å². The molecule has 4 aromatic rings. The van der Waals surface area contributed by atoms with Crippen LogP contribution < -0.4 is 10.6 Å². The van der Waals surface area contributed by atoms with Crippen molar-refractivity contribution in [1.82, 2.24) is 40.4 Å². The van der Waals surface area contributed by atoms with Gasteiger partial charge in [0, 0.05) is 13.1 Å². The Morgan fingerprint density at radius 3 is 1.55 bits per heavy atom. The van der Waals surface area contributed by atoms with Gasteiger partial charge >= 0.3 is 12.2 Å². The number of aromatic nitrogens is 4. The van der Waals surface area contributed by atoms with Gasteiger partial charge in [0.05, 0.1) is 50.1 Å². The van der Waals surface area contributed by atoms with Crippen LogP contribution in [-0.4, -0.2) is 93.1 Å². The molecule has 2 saturated heterocycles. The maximum atomic E-state index is 13.7. The van der Waals surface area contributed by atoms with Crippen molar-refractivity contribution in [3.8, 4) is 33.6 Å². The minimum atomic E-state index is -0.739. The van der Waals surface area contributed by atoms with Crippen LogP contribution in [0, 0.1) is 5.41 Å². The van der Waals surface area contributed by atoms with E-state index in [0.29, 0.717) is 13.1 Å². The summed E-state index contributed by atoms with van der Waals surface area (Å²) in [6.45, 7) is 8.59. The molecule has 6 rings (SSSR count). The summed E-state index contributed by atoms with van der Waals surface area (Å²) < 4.78 is 9.43. The number of amides is 4. The standard InChI is InChI=1S/C39H48N8O6/c1-23(42-37(50)52-5)35(48)46-19-7-9-30(46)33-40-21-28(43-33)26-15-11-24(12-16-26)25-13-17-27(18-14-25)29-22-41-34(44-29)31-10-8-20-47(31)36(49)32(39(2,3)4)45-38(51)53-6/h11-18,21-23,30-32H,7-10,19-20H2,1-6H3,(H,40,43)(H,41,44)(H,42,50)(H,45,51)/t23-,30-,31-,32+/m0/s1. The van der Waals surface area contributed by atoms with E-state index in [1.54, 1.807) is 24.2 Å². The fourth-order valence-electron chi connectivity index (χ4n) is 7.16. The Morgan fingerprint density at radius 2 is 1.11 bits per heavy atom. The van der Waals surface area contributed by atoms with E-state index in [2.05, 4.69) is 59.6 Å². The van der Waals surface area contributed by atoms with Gasteiger partial charge in [0.15, 0.2) is 0 Å². The fraction of sp³-hybridized carbons (Fsp3) is 0.436. The average Bonchev–Trinajstić information content (AvgIpc) is 3.99. The molecule has 0 saturated carbocycles. The molecule has 0 spiro atoms. The molecule has 2 aromatic heterocycles. The Bertz CT molecular complexity index is 1930. The van der Waals surface area contributed by atoms with E-state index in [-0.39, 0.29) is 23.9 Å². The van der Waals surface area contributed by atoms with E-state index >= 15 is 0 Å². The lowest BCUT2D eigenvalue weighted by Crippen LogP contribution is -2.54. The highest BCUT2D eigenvalue weighted by Gasteiger charge is 2.41. The molecule has 0 radical (unpaired) electrons. The number of benzene rings is 2. The van der Waals surface area contributed by atoms with Crippen molar-refractivity contribution >= 4 is 24.0 Å². The van der Waals surface area contributed by atoms with E-state index in [9.17, 15) is 19.2 Å². The first-order chi connectivity index (χ1) is 25.4. The van der Waals surface area contributed by atoms with Crippen molar-refractivity contribution in [2.24, 2.45) is 5.41 Å². The fourth-order valence-corrected chi connectivity index (χ4v) is 7.16. The minimum absolute atomic E-state index is 0.153. The number of carbonyl (C=O) groups is 4. The number of nitrogens with one attached hydrogen (secondary N) is 4. The summed E-state index contributed by atoms with van der Waals surface area (Å²) in [4.78, 5) is 70.2. The lowest BCUT2D eigenvalue weighted by molar-refractivity contribution is -0.137. The largest absolute Gasteiger partial charge is 0.453 e. The number of likely N-dealkylation sites (tertiary alicyclic amines) is 2. The Kier molecular flexibility index (Phi) is 10.9. The second kappa shape index (κ2) is 15.5. The number of nitrogens with zero attached hydrogens (tertiary/aromatic N) is 4. The van der Waals surface area contributed by atoms with Crippen molar-refractivity contribution in [1.29, 1.82) is 0 Å². The Morgan fingerprint density at radius 1 is 0.698 bits per heavy atom. The summed E-state index contributed by atoms with van der Waals surface area (Å²) in [7, 11) is 2.56. The molecule has 0 aliphatic carbocycles. The summed E-state index contributed by atoms with van der Waals surface area (Å²) in [5, 5.41) is 5.29. The Labute approximate surface area is 309 Å². The van der Waals surface area contributed by atoms with E-state index in [1.165, 1.54) is 14.2 Å². The monoisotopic (exact) mass is 724 g/mol. The summed E-state index contributed by atoms with van der Waals surface area (Å²) in [6.07, 6.45) is 5.56.